The zero-order valence-corrected chi connectivity index (χ0v) is 17.3. The van der Waals surface area contributed by atoms with Crippen molar-refractivity contribution in [3.05, 3.63) is 41.7 Å². The van der Waals surface area contributed by atoms with Gasteiger partial charge in [-0.2, -0.15) is 0 Å². The summed E-state index contributed by atoms with van der Waals surface area (Å²) in [5, 5.41) is 6.42. The third-order valence-electron chi connectivity index (χ3n) is 4.86. The predicted octanol–water partition coefficient (Wildman–Crippen LogP) is 2.98. The maximum absolute atomic E-state index is 12.5. The van der Waals surface area contributed by atoms with E-state index in [0.717, 1.165) is 35.5 Å². The van der Waals surface area contributed by atoms with Crippen molar-refractivity contribution in [3.8, 4) is 11.6 Å². The summed E-state index contributed by atoms with van der Waals surface area (Å²) in [7, 11) is 1.65. The number of aromatic nitrogens is 2. The Bertz CT molecular complexity index is 822. The van der Waals surface area contributed by atoms with Crippen LogP contribution in [0.25, 0.3) is 0 Å². The van der Waals surface area contributed by atoms with Gasteiger partial charge in [-0.25, -0.2) is 14.8 Å². The van der Waals surface area contributed by atoms with E-state index in [4.69, 9.17) is 9.47 Å². The van der Waals surface area contributed by atoms with Crippen LogP contribution in [0.5, 0.6) is 11.6 Å². The van der Waals surface area contributed by atoms with E-state index in [9.17, 15) is 4.79 Å². The molecule has 0 aliphatic carbocycles. The number of nitrogens with one attached hydrogen (secondary N) is 2. The van der Waals surface area contributed by atoms with E-state index >= 15 is 0 Å². The molecule has 2 aromatic rings. The van der Waals surface area contributed by atoms with Crippen LogP contribution in [0.4, 0.5) is 10.6 Å². The topological polar surface area (TPSA) is 88.6 Å². The van der Waals surface area contributed by atoms with Crippen LogP contribution in [0.2, 0.25) is 0 Å². The van der Waals surface area contributed by atoms with Crippen molar-refractivity contribution in [2.45, 2.75) is 39.3 Å². The molecule has 8 nitrogen and oxygen atoms in total. The van der Waals surface area contributed by atoms with Crippen LogP contribution < -0.4 is 20.1 Å². The highest BCUT2D eigenvalue weighted by Crippen LogP contribution is 2.19. The second kappa shape index (κ2) is 9.95. The minimum absolute atomic E-state index is 0.0374. The van der Waals surface area contributed by atoms with Crippen LogP contribution in [0.3, 0.4) is 0 Å². The Hall–Kier alpha value is -3.03. The molecule has 8 heteroatoms. The molecule has 1 aliphatic rings. The molecule has 1 aliphatic heterocycles. The first kappa shape index (κ1) is 20.7. The average molecular weight is 399 g/mol. The Balaban J connectivity index is 1.46. The molecule has 2 heterocycles. The predicted molar refractivity (Wildman–Crippen MR) is 111 cm³/mol. The van der Waals surface area contributed by atoms with Gasteiger partial charge in [0, 0.05) is 31.7 Å². The SMILES string of the molecule is CCOc1cc(NC2CCN(C(=O)NCc3cc(C)cc(OC)c3)CC2)ncn1. The third-order valence-corrected chi connectivity index (χ3v) is 4.86. The van der Waals surface area contributed by atoms with Gasteiger partial charge < -0.3 is 25.0 Å². The summed E-state index contributed by atoms with van der Waals surface area (Å²) < 4.78 is 10.7. The second-order valence-corrected chi connectivity index (χ2v) is 7.10. The van der Waals surface area contributed by atoms with Crippen LogP contribution in [-0.2, 0) is 6.54 Å². The number of ether oxygens (including phenoxy) is 2. The second-order valence-electron chi connectivity index (χ2n) is 7.10. The van der Waals surface area contributed by atoms with Gasteiger partial charge in [0.05, 0.1) is 13.7 Å². The maximum Gasteiger partial charge on any atom is 0.317 e. The molecule has 1 aromatic heterocycles. The number of nitrogens with zero attached hydrogens (tertiary/aromatic N) is 3. The lowest BCUT2D eigenvalue weighted by Crippen LogP contribution is -2.46. The Morgan fingerprint density at radius 2 is 2.00 bits per heavy atom. The van der Waals surface area contributed by atoms with Crippen LogP contribution in [0.15, 0.2) is 30.6 Å². The molecule has 1 fully saturated rings. The Morgan fingerprint density at radius 3 is 2.72 bits per heavy atom. The number of carbonyl (C=O) groups is 1. The number of amides is 2. The molecule has 0 bridgehead atoms. The van der Waals surface area contributed by atoms with Gasteiger partial charge in [-0.1, -0.05) is 6.07 Å². The quantitative estimate of drug-likeness (QED) is 0.744. The summed E-state index contributed by atoms with van der Waals surface area (Å²) in [6.07, 6.45) is 3.22. The van der Waals surface area contributed by atoms with E-state index in [-0.39, 0.29) is 12.1 Å². The lowest BCUT2D eigenvalue weighted by molar-refractivity contribution is 0.183. The number of benzene rings is 1. The molecule has 2 N–H and O–H groups in total. The van der Waals surface area contributed by atoms with Crippen molar-refractivity contribution in [1.29, 1.82) is 0 Å². The van der Waals surface area contributed by atoms with Crippen molar-refractivity contribution in [3.63, 3.8) is 0 Å². The molecule has 2 amide bonds. The smallest absolute Gasteiger partial charge is 0.317 e. The largest absolute Gasteiger partial charge is 0.497 e. The number of hydrogen-bond acceptors (Lipinski definition) is 6. The van der Waals surface area contributed by atoms with E-state index in [0.29, 0.717) is 32.1 Å². The Kier molecular flexibility index (Phi) is 7.10. The van der Waals surface area contributed by atoms with Gasteiger partial charge in [-0.05, 0) is 49.9 Å². The van der Waals surface area contributed by atoms with E-state index in [1.165, 1.54) is 6.33 Å². The molecular weight excluding hydrogens is 370 g/mol. The molecule has 0 saturated carbocycles. The monoisotopic (exact) mass is 399 g/mol. The van der Waals surface area contributed by atoms with Crippen LogP contribution in [-0.4, -0.2) is 53.7 Å². The number of urea groups is 1. The Labute approximate surface area is 171 Å². The molecule has 3 rings (SSSR count). The standard InChI is InChI=1S/C21H29N5O3/c1-4-29-20-12-19(23-14-24-20)25-17-5-7-26(8-6-17)21(27)22-13-16-9-15(2)10-18(11-16)28-3/h9-12,14,17H,4-8,13H2,1-3H3,(H,22,27)(H,23,24,25). The Morgan fingerprint density at radius 1 is 1.21 bits per heavy atom. The first-order valence-electron chi connectivity index (χ1n) is 9.96. The molecule has 156 valence electrons. The van der Waals surface area contributed by atoms with Crippen molar-refractivity contribution >= 4 is 11.8 Å². The van der Waals surface area contributed by atoms with Gasteiger partial charge in [-0.3, -0.25) is 0 Å². The van der Waals surface area contributed by atoms with Crippen molar-refractivity contribution < 1.29 is 14.3 Å². The number of piperidine rings is 1. The normalized spacial score (nSPS) is 14.4. The molecule has 29 heavy (non-hydrogen) atoms. The average Bonchev–Trinajstić information content (AvgIpc) is 2.72. The molecule has 1 aromatic carbocycles. The van der Waals surface area contributed by atoms with Crippen molar-refractivity contribution in [2.24, 2.45) is 0 Å². The summed E-state index contributed by atoms with van der Waals surface area (Å²) in [5.41, 5.74) is 2.14. The number of carbonyl (C=O) groups excluding carboxylic acids is 1. The molecular formula is C21H29N5O3. The van der Waals surface area contributed by atoms with E-state index in [1.807, 2.05) is 30.9 Å². The summed E-state index contributed by atoms with van der Waals surface area (Å²) in [6.45, 7) is 6.38. The molecule has 0 spiro atoms. The molecule has 0 unspecified atom stereocenters. The lowest BCUT2D eigenvalue weighted by atomic mass is 10.1. The van der Waals surface area contributed by atoms with Gasteiger partial charge in [0.1, 0.15) is 17.9 Å². The minimum atomic E-state index is -0.0374. The highest BCUT2D eigenvalue weighted by atomic mass is 16.5. The number of rotatable bonds is 7. The number of hydrogen-bond donors (Lipinski definition) is 2. The summed E-state index contributed by atoms with van der Waals surface area (Å²) in [5.74, 6) is 2.12. The zero-order valence-electron chi connectivity index (χ0n) is 17.3. The van der Waals surface area contributed by atoms with E-state index in [2.05, 4.69) is 26.7 Å². The first-order valence-corrected chi connectivity index (χ1v) is 9.96. The summed E-state index contributed by atoms with van der Waals surface area (Å²) >= 11 is 0. The number of methoxy groups -OCH3 is 1. The molecule has 1 saturated heterocycles. The third kappa shape index (κ3) is 5.97. The van der Waals surface area contributed by atoms with Gasteiger partial charge in [0.15, 0.2) is 0 Å². The highest BCUT2D eigenvalue weighted by molar-refractivity contribution is 5.74. The molecule has 0 atom stereocenters. The van der Waals surface area contributed by atoms with Crippen LogP contribution in [0.1, 0.15) is 30.9 Å². The van der Waals surface area contributed by atoms with Gasteiger partial charge in [0.2, 0.25) is 5.88 Å². The molecule has 0 radical (unpaired) electrons. The van der Waals surface area contributed by atoms with Gasteiger partial charge in [0.25, 0.3) is 0 Å². The summed E-state index contributed by atoms with van der Waals surface area (Å²) in [6, 6.07) is 8.00. The highest BCUT2D eigenvalue weighted by Gasteiger charge is 2.23. The van der Waals surface area contributed by atoms with Crippen molar-refractivity contribution in [1.82, 2.24) is 20.2 Å². The van der Waals surface area contributed by atoms with E-state index in [1.54, 1.807) is 13.2 Å². The number of anilines is 1. The lowest BCUT2D eigenvalue weighted by Gasteiger charge is -2.32. The summed E-state index contributed by atoms with van der Waals surface area (Å²) in [4.78, 5) is 22.7. The van der Waals surface area contributed by atoms with Crippen LogP contribution in [0, 0.1) is 6.92 Å². The fourth-order valence-electron chi connectivity index (χ4n) is 3.42. The number of likely N-dealkylation sites (tertiary alicyclic amines) is 1. The fourth-order valence-corrected chi connectivity index (χ4v) is 3.42. The fraction of sp³-hybridized carbons (Fsp3) is 0.476. The van der Waals surface area contributed by atoms with Crippen molar-refractivity contribution in [2.75, 3.05) is 32.1 Å². The first-order chi connectivity index (χ1) is 14.1. The van der Waals surface area contributed by atoms with Gasteiger partial charge in [-0.15, -0.1) is 0 Å². The van der Waals surface area contributed by atoms with Gasteiger partial charge >= 0.3 is 6.03 Å². The maximum atomic E-state index is 12.5. The minimum Gasteiger partial charge on any atom is -0.497 e. The van der Waals surface area contributed by atoms with Crippen LogP contribution >= 0.6 is 0 Å². The van der Waals surface area contributed by atoms with E-state index < -0.39 is 0 Å². The number of aryl methyl sites for hydroxylation is 1. The zero-order chi connectivity index (χ0) is 20.6.